The Morgan fingerprint density at radius 1 is 1.20 bits per heavy atom. The number of piperidine rings is 1. The van der Waals surface area contributed by atoms with Crippen LogP contribution >= 0.6 is 0 Å². The lowest BCUT2D eigenvalue weighted by atomic mass is 10.1. The Morgan fingerprint density at radius 2 is 1.95 bits per heavy atom. The molecule has 0 bridgehead atoms. The molecule has 0 spiro atoms. The second-order valence-corrected chi connectivity index (χ2v) is 5.37. The van der Waals surface area contributed by atoms with Crippen LogP contribution in [0.2, 0.25) is 0 Å². The number of hydrogen-bond donors (Lipinski definition) is 1. The third-order valence-corrected chi connectivity index (χ3v) is 3.77. The van der Waals surface area contributed by atoms with E-state index in [1.54, 1.807) is 0 Å². The molecule has 0 aromatic heterocycles. The van der Waals surface area contributed by atoms with E-state index in [4.69, 9.17) is 4.74 Å². The molecule has 110 valence electrons. The van der Waals surface area contributed by atoms with Gasteiger partial charge >= 0.3 is 6.03 Å². The second-order valence-electron chi connectivity index (χ2n) is 5.37. The molecule has 1 aliphatic rings. The van der Waals surface area contributed by atoms with Crippen molar-refractivity contribution in [2.75, 3.05) is 26.2 Å². The lowest BCUT2D eigenvalue weighted by Crippen LogP contribution is -2.43. The van der Waals surface area contributed by atoms with Gasteiger partial charge in [-0.1, -0.05) is 6.07 Å². The van der Waals surface area contributed by atoms with Gasteiger partial charge in [-0.2, -0.15) is 0 Å². The van der Waals surface area contributed by atoms with Crippen molar-refractivity contribution in [3.63, 3.8) is 0 Å². The first kappa shape index (κ1) is 14.7. The van der Waals surface area contributed by atoms with E-state index in [9.17, 15) is 4.79 Å². The molecule has 2 rings (SSSR count). The molecule has 1 N–H and O–H groups in total. The fraction of sp³-hybridized carbons (Fsp3) is 0.562. The Balaban J connectivity index is 1.68. The average molecular weight is 276 g/mol. The molecule has 20 heavy (non-hydrogen) atoms. The van der Waals surface area contributed by atoms with Crippen LogP contribution < -0.4 is 10.1 Å². The molecule has 1 aromatic carbocycles. The number of urea groups is 1. The third kappa shape index (κ3) is 4.15. The van der Waals surface area contributed by atoms with Crippen LogP contribution in [0.3, 0.4) is 0 Å². The van der Waals surface area contributed by atoms with Gasteiger partial charge in [0.2, 0.25) is 0 Å². The van der Waals surface area contributed by atoms with Gasteiger partial charge in [-0.3, -0.25) is 0 Å². The first-order chi connectivity index (χ1) is 9.66. The molecule has 1 saturated heterocycles. The van der Waals surface area contributed by atoms with Gasteiger partial charge in [0.25, 0.3) is 0 Å². The van der Waals surface area contributed by atoms with E-state index >= 15 is 0 Å². The van der Waals surface area contributed by atoms with E-state index in [1.807, 2.05) is 17.0 Å². The summed E-state index contributed by atoms with van der Waals surface area (Å²) in [7, 11) is 0. The highest BCUT2D eigenvalue weighted by Gasteiger charge is 2.15. The van der Waals surface area contributed by atoms with E-state index in [0.29, 0.717) is 13.2 Å². The summed E-state index contributed by atoms with van der Waals surface area (Å²) in [6, 6.07) is 6.08. The highest BCUT2D eigenvalue weighted by Crippen LogP contribution is 2.16. The van der Waals surface area contributed by atoms with Crippen LogP contribution in [0.5, 0.6) is 5.75 Å². The summed E-state index contributed by atoms with van der Waals surface area (Å²) in [5.41, 5.74) is 2.48. The first-order valence-corrected chi connectivity index (χ1v) is 7.39. The van der Waals surface area contributed by atoms with Crippen molar-refractivity contribution in [1.82, 2.24) is 10.2 Å². The predicted molar refractivity (Wildman–Crippen MR) is 80.2 cm³/mol. The van der Waals surface area contributed by atoms with Crippen molar-refractivity contribution in [2.24, 2.45) is 0 Å². The highest BCUT2D eigenvalue weighted by atomic mass is 16.5. The van der Waals surface area contributed by atoms with Gasteiger partial charge in [-0.25, -0.2) is 4.79 Å². The Labute approximate surface area is 121 Å². The Bertz CT molecular complexity index is 454. The summed E-state index contributed by atoms with van der Waals surface area (Å²) in [4.78, 5) is 13.8. The Kier molecular flexibility index (Phi) is 5.27. The van der Waals surface area contributed by atoms with Crippen LogP contribution in [0.15, 0.2) is 18.2 Å². The number of carbonyl (C=O) groups is 1. The second kappa shape index (κ2) is 7.17. The molecule has 0 saturated carbocycles. The van der Waals surface area contributed by atoms with Crippen LogP contribution in [-0.4, -0.2) is 37.2 Å². The summed E-state index contributed by atoms with van der Waals surface area (Å²) in [5.74, 6) is 0.861. The largest absolute Gasteiger partial charge is 0.492 e. The number of nitrogens with zero attached hydrogens (tertiary/aromatic N) is 1. The topological polar surface area (TPSA) is 41.6 Å². The quantitative estimate of drug-likeness (QED) is 0.859. The standard InChI is InChI=1S/C16H24N2O2/c1-13-6-7-15(12-14(13)2)20-11-8-17-16(19)18-9-4-3-5-10-18/h6-7,12H,3-5,8-11H2,1-2H3,(H,17,19). The van der Waals surface area contributed by atoms with Crippen molar-refractivity contribution in [2.45, 2.75) is 33.1 Å². The van der Waals surface area contributed by atoms with E-state index in [-0.39, 0.29) is 6.03 Å². The highest BCUT2D eigenvalue weighted by molar-refractivity contribution is 5.74. The fourth-order valence-electron chi connectivity index (χ4n) is 2.34. The zero-order chi connectivity index (χ0) is 14.4. The molecule has 4 heteroatoms. The maximum Gasteiger partial charge on any atom is 0.317 e. The zero-order valence-corrected chi connectivity index (χ0v) is 12.4. The van der Waals surface area contributed by atoms with Gasteiger partial charge in [0.1, 0.15) is 12.4 Å². The maximum atomic E-state index is 11.9. The third-order valence-electron chi connectivity index (χ3n) is 3.77. The van der Waals surface area contributed by atoms with Crippen LogP contribution in [0.25, 0.3) is 0 Å². The molecule has 4 nitrogen and oxygen atoms in total. The summed E-state index contributed by atoms with van der Waals surface area (Å²) in [6.07, 6.45) is 3.47. The van der Waals surface area contributed by atoms with E-state index < -0.39 is 0 Å². The predicted octanol–water partition coefficient (Wildman–Crippen LogP) is 2.88. The SMILES string of the molecule is Cc1ccc(OCCNC(=O)N2CCCCC2)cc1C. The minimum absolute atomic E-state index is 0.0355. The lowest BCUT2D eigenvalue weighted by molar-refractivity contribution is 0.184. The minimum Gasteiger partial charge on any atom is -0.492 e. The van der Waals surface area contributed by atoms with E-state index in [0.717, 1.165) is 31.7 Å². The Hall–Kier alpha value is -1.71. The fourth-order valence-corrected chi connectivity index (χ4v) is 2.34. The number of rotatable bonds is 4. The normalized spacial score (nSPS) is 15.0. The molecule has 1 heterocycles. The average Bonchev–Trinajstić information content (AvgIpc) is 2.48. The molecule has 1 fully saturated rings. The summed E-state index contributed by atoms with van der Waals surface area (Å²) in [6.45, 7) is 6.95. The molecule has 0 aliphatic carbocycles. The van der Waals surface area contributed by atoms with Gasteiger partial charge in [0.15, 0.2) is 0 Å². The van der Waals surface area contributed by atoms with Crippen LogP contribution in [-0.2, 0) is 0 Å². The number of amides is 2. The molecule has 1 aromatic rings. The smallest absolute Gasteiger partial charge is 0.317 e. The van der Waals surface area contributed by atoms with Crippen molar-refractivity contribution in [3.8, 4) is 5.75 Å². The van der Waals surface area contributed by atoms with Gasteiger partial charge < -0.3 is 15.0 Å². The Morgan fingerprint density at radius 3 is 2.65 bits per heavy atom. The van der Waals surface area contributed by atoms with Crippen LogP contribution in [0, 0.1) is 13.8 Å². The number of hydrogen-bond acceptors (Lipinski definition) is 2. The molecule has 0 radical (unpaired) electrons. The lowest BCUT2D eigenvalue weighted by Gasteiger charge is -2.26. The number of nitrogens with one attached hydrogen (secondary N) is 1. The number of ether oxygens (including phenoxy) is 1. The molecule has 2 amide bonds. The van der Waals surface area contributed by atoms with Crippen molar-refractivity contribution in [1.29, 1.82) is 0 Å². The molecular formula is C16H24N2O2. The van der Waals surface area contributed by atoms with E-state index in [2.05, 4.69) is 25.2 Å². The summed E-state index contributed by atoms with van der Waals surface area (Å²) < 4.78 is 5.65. The molecular weight excluding hydrogens is 252 g/mol. The zero-order valence-electron chi connectivity index (χ0n) is 12.4. The number of carbonyl (C=O) groups excluding carboxylic acids is 1. The van der Waals surface area contributed by atoms with Gasteiger partial charge in [-0.05, 0) is 56.4 Å². The van der Waals surface area contributed by atoms with Crippen molar-refractivity contribution < 1.29 is 9.53 Å². The number of likely N-dealkylation sites (tertiary alicyclic amines) is 1. The van der Waals surface area contributed by atoms with E-state index in [1.165, 1.54) is 17.5 Å². The first-order valence-electron chi connectivity index (χ1n) is 7.39. The molecule has 1 aliphatic heterocycles. The van der Waals surface area contributed by atoms with Gasteiger partial charge in [0.05, 0.1) is 6.54 Å². The summed E-state index contributed by atoms with van der Waals surface area (Å²) >= 11 is 0. The van der Waals surface area contributed by atoms with Crippen molar-refractivity contribution >= 4 is 6.03 Å². The van der Waals surface area contributed by atoms with Crippen molar-refractivity contribution in [3.05, 3.63) is 29.3 Å². The molecule has 0 atom stereocenters. The van der Waals surface area contributed by atoms with Crippen LogP contribution in [0.4, 0.5) is 4.79 Å². The minimum atomic E-state index is 0.0355. The summed E-state index contributed by atoms with van der Waals surface area (Å²) in [5, 5.41) is 2.91. The molecule has 0 unspecified atom stereocenters. The van der Waals surface area contributed by atoms with Crippen LogP contribution in [0.1, 0.15) is 30.4 Å². The monoisotopic (exact) mass is 276 g/mol. The van der Waals surface area contributed by atoms with Gasteiger partial charge in [-0.15, -0.1) is 0 Å². The number of benzene rings is 1. The number of aryl methyl sites for hydroxylation is 2. The van der Waals surface area contributed by atoms with Gasteiger partial charge in [0, 0.05) is 13.1 Å². The maximum absolute atomic E-state index is 11.9.